The molecule has 8 nitrogen and oxygen atoms in total. The van der Waals surface area contributed by atoms with E-state index in [1.807, 2.05) is 43.3 Å². The minimum absolute atomic E-state index is 0.00560. The molecule has 156 valence electrons. The first-order valence-corrected chi connectivity index (χ1v) is 11.6. The lowest BCUT2D eigenvalue weighted by Gasteiger charge is -2.12. The second-order valence-electron chi connectivity index (χ2n) is 7.68. The van der Waals surface area contributed by atoms with Gasteiger partial charge in [0.25, 0.3) is 0 Å². The van der Waals surface area contributed by atoms with Crippen LogP contribution < -0.4 is 9.47 Å². The van der Waals surface area contributed by atoms with Gasteiger partial charge in [-0.1, -0.05) is 6.07 Å². The fourth-order valence-corrected chi connectivity index (χ4v) is 4.85. The van der Waals surface area contributed by atoms with Crippen molar-refractivity contribution in [2.45, 2.75) is 19.3 Å². The van der Waals surface area contributed by atoms with Gasteiger partial charge in [0.2, 0.25) is 16.8 Å². The zero-order valence-electron chi connectivity index (χ0n) is 16.8. The minimum Gasteiger partial charge on any atom is -0.454 e. The van der Waals surface area contributed by atoms with Crippen LogP contribution in [-0.4, -0.2) is 53.8 Å². The summed E-state index contributed by atoms with van der Waals surface area (Å²) < 4.78 is 36.3. The van der Waals surface area contributed by atoms with Crippen molar-refractivity contribution in [2.75, 3.05) is 26.1 Å². The van der Waals surface area contributed by atoms with Crippen molar-refractivity contribution in [3.8, 4) is 34.1 Å². The fraction of sp³-hybridized carbons (Fsp3) is 0.333. The van der Waals surface area contributed by atoms with Crippen LogP contribution in [0.4, 0.5) is 0 Å². The van der Waals surface area contributed by atoms with Crippen LogP contribution in [0, 0.1) is 6.92 Å². The Hall–Kier alpha value is -2.91. The Balaban J connectivity index is 1.59. The molecule has 0 spiro atoms. The monoisotopic (exact) mass is 426 g/mol. The first-order chi connectivity index (χ1) is 14.4. The van der Waals surface area contributed by atoms with Crippen molar-refractivity contribution in [2.24, 2.45) is 0 Å². The van der Waals surface area contributed by atoms with Gasteiger partial charge in [-0.05, 0) is 43.7 Å². The first-order valence-electron chi connectivity index (χ1n) is 9.77. The number of aromatic nitrogens is 3. The highest BCUT2D eigenvalue weighted by molar-refractivity contribution is 7.88. The van der Waals surface area contributed by atoms with Crippen LogP contribution in [0.15, 0.2) is 36.4 Å². The van der Waals surface area contributed by atoms with E-state index in [2.05, 4.69) is 9.97 Å². The van der Waals surface area contributed by atoms with Gasteiger partial charge in [0.05, 0.1) is 23.3 Å². The van der Waals surface area contributed by atoms with Crippen molar-refractivity contribution in [3.05, 3.63) is 47.9 Å². The molecular weight excluding hydrogens is 404 g/mol. The van der Waals surface area contributed by atoms with Gasteiger partial charge >= 0.3 is 0 Å². The zero-order valence-corrected chi connectivity index (χ0v) is 17.6. The summed E-state index contributed by atoms with van der Waals surface area (Å²) in [5.74, 6) is 2.17. The highest BCUT2D eigenvalue weighted by Crippen LogP contribution is 2.39. The molecule has 2 aliphatic rings. The molecule has 0 saturated carbocycles. The Bertz CT molecular complexity index is 1220. The maximum absolute atomic E-state index is 11.9. The number of sulfonamides is 1. The third-order valence-corrected chi connectivity index (χ3v) is 6.79. The standard InChI is InChI=1S/C21H22N4O4S/c1-13-4-3-5-16(22-13)20-19(14-6-7-17-18(10-14)29-12-28-17)23-21(24-20)15-8-9-25(11-15)30(2,26)27/h3-7,10,15H,8-9,11-12H2,1-2H3,(H,23,24). The number of fused-ring (bicyclic) bond motifs is 1. The number of rotatable bonds is 4. The topological polar surface area (TPSA) is 97.4 Å². The van der Waals surface area contributed by atoms with Crippen molar-refractivity contribution >= 4 is 10.0 Å². The second kappa shape index (κ2) is 7.10. The van der Waals surface area contributed by atoms with Crippen molar-refractivity contribution in [1.82, 2.24) is 19.3 Å². The number of imidazole rings is 1. The van der Waals surface area contributed by atoms with E-state index in [4.69, 9.17) is 14.5 Å². The van der Waals surface area contributed by atoms with Gasteiger partial charge in [-0.25, -0.2) is 17.7 Å². The number of hydrogen-bond acceptors (Lipinski definition) is 6. The molecule has 2 aromatic heterocycles. The third-order valence-electron chi connectivity index (χ3n) is 5.52. The summed E-state index contributed by atoms with van der Waals surface area (Å²) >= 11 is 0. The number of aryl methyl sites for hydroxylation is 1. The average molecular weight is 426 g/mol. The number of benzene rings is 1. The molecule has 9 heteroatoms. The van der Waals surface area contributed by atoms with Crippen molar-refractivity contribution < 1.29 is 17.9 Å². The highest BCUT2D eigenvalue weighted by atomic mass is 32.2. The van der Waals surface area contributed by atoms with Crippen LogP contribution in [0.25, 0.3) is 22.6 Å². The van der Waals surface area contributed by atoms with Gasteiger partial charge < -0.3 is 14.5 Å². The number of H-pyrrole nitrogens is 1. The number of nitrogens with one attached hydrogen (secondary N) is 1. The fourth-order valence-electron chi connectivity index (χ4n) is 3.96. The molecule has 1 aromatic carbocycles. The summed E-state index contributed by atoms with van der Waals surface area (Å²) in [5.41, 5.74) is 4.16. The lowest BCUT2D eigenvalue weighted by atomic mass is 10.1. The largest absolute Gasteiger partial charge is 0.454 e. The van der Waals surface area contributed by atoms with Gasteiger partial charge in [-0.15, -0.1) is 0 Å². The third kappa shape index (κ3) is 3.44. The number of hydrogen-bond donors (Lipinski definition) is 1. The zero-order chi connectivity index (χ0) is 20.9. The van der Waals surface area contributed by atoms with Crippen LogP contribution in [0.3, 0.4) is 0 Å². The van der Waals surface area contributed by atoms with Gasteiger partial charge in [-0.3, -0.25) is 4.98 Å². The van der Waals surface area contributed by atoms with Crippen LogP contribution in [-0.2, 0) is 10.0 Å². The molecule has 0 bridgehead atoms. The van der Waals surface area contributed by atoms with Crippen LogP contribution >= 0.6 is 0 Å². The lowest BCUT2D eigenvalue weighted by Crippen LogP contribution is -2.27. The van der Waals surface area contributed by atoms with E-state index in [1.165, 1.54) is 10.6 Å². The molecule has 5 rings (SSSR count). The first kappa shape index (κ1) is 19.1. The van der Waals surface area contributed by atoms with Gasteiger partial charge in [0.1, 0.15) is 5.82 Å². The maximum atomic E-state index is 11.9. The summed E-state index contributed by atoms with van der Waals surface area (Å²) in [5, 5.41) is 0. The molecule has 30 heavy (non-hydrogen) atoms. The van der Waals surface area contributed by atoms with Crippen LogP contribution in [0.1, 0.15) is 23.9 Å². The number of aromatic amines is 1. The molecule has 0 aliphatic carbocycles. The van der Waals surface area contributed by atoms with E-state index in [1.54, 1.807) is 0 Å². The SMILES string of the molecule is Cc1cccc(-c2[nH]c(C3CCN(S(C)(=O)=O)C3)nc2-c2ccc3c(c2)OCO3)n1. The summed E-state index contributed by atoms with van der Waals surface area (Å²) in [6.07, 6.45) is 1.97. The molecule has 3 aromatic rings. The Labute approximate surface area is 174 Å². The smallest absolute Gasteiger partial charge is 0.231 e. The number of pyridine rings is 1. The maximum Gasteiger partial charge on any atom is 0.231 e. The van der Waals surface area contributed by atoms with Gasteiger partial charge in [0.15, 0.2) is 11.5 Å². The molecule has 1 N–H and O–H groups in total. The molecule has 1 saturated heterocycles. The molecule has 1 atom stereocenters. The van der Waals surface area contributed by atoms with Gasteiger partial charge in [0, 0.05) is 30.3 Å². The molecule has 1 fully saturated rings. The molecule has 4 heterocycles. The molecule has 0 amide bonds. The predicted molar refractivity (Wildman–Crippen MR) is 112 cm³/mol. The van der Waals surface area contributed by atoms with E-state index in [9.17, 15) is 8.42 Å². The number of ether oxygens (including phenoxy) is 2. The van der Waals surface area contributed by atoms with Crippen LogP contribution in [0.5, 0.6) is 11.5 Å². The lowest BCUT2D eigenvalue weighted by molar-refractivity contribution is 0.174. The molecule has 0 radical (unpaired) electrons. The van der Waals surface area contributed by atoms with E-state index in [-0.39, 0.29) is 12.7 Å². The van der Waals surface area contributed by atoms with Crippen molar-refractivity contribution in [1.29, 1.82) is 0 Å². The van der Waals surface area contributed by atoms with E-state index < -0.39 is 10.0 Å². The molecule has 1 unspecified atom stereocenters. The highest BCUT2D eigenvalue weighted by Gasteiger charge is 2.32. The number of nitrogens with zero attached hydrogens (tertiary/aromatic N) is 3. The quantitative estimate of drug-likeness (QED) is 0.689. The summed E-state index contributed by atoms with van der Waals surface area (Å²) in [6.45, 7) is 3.08. The van der Waals surface area contributed by atoms with Crippen molar-refractivity contribution in [3.63, 3.8) is 0 Å². The molecular formula is C21H22N4O4S. The predicted octanol–water partition coefficient (Wildman–Crippen LogP) is 2.92. The Morgan fingerprint density at radius 1 is 1.13 bits per heavy atom. The summed E-state index contributed by atoms with van der Waals surface area (Å²) in [4.78, 5) is 13.0. The Morgan fingerprint density at radius 2 is 1.97 bits per heavy atom. The van der Waals surface area contributed by atoms with E-state index >= 15 is 0 Å². The Kier molecular flexibility index (Phi) is 4.52. The molecule has 2 aliphatic heterocycles. The van der Waals surface area contributed by atoms with Gasteiger partial charge in [-0.2, -0.15) is 0 Å². The second-order valence-corrected chi connectivity index (χ2v) is 9.67. The van der Waals surface area contributed by atoms with E-state index in [0.29, 0.717) is 24.6 Å². The van der Waals surface area contributed by atoms with E-state index in [0.717, 1.165) is 40.6 Å². The average Bonchev–Trinajstić information content (AvgIpc) is 3.44. The Morgan fingerprint density at radius 3 is 2.73 bits per heavy atom. The normalized spacial score (nSPS) is 18.8. The summed E-state index contributed by atoms with van der Waals surface area (Å²) in [6, 6.07) is 11.6. The minimum atomic E-state index is -3.21. The summed E-state index contributed by atoms with van der Waals surface area (Å²) in [7, 11) is -3.21. The van der Waals surface area contributed by atoms with Crippen LogP contribution in [0.2, 0.25) is 0 Å².